The first-order chi connectivity index (χ1) is 9.52. The van der Waals surface area contributed by atoms with Crippen molar-refractivity contribution in [2.24, 2.45) is 5.92 Å². The zero-order valence-electron chi connectivity index (χ0n) is 12.1. The first-order valence-corrected chi connectivity index (χ1v) is 6.75. The molecule has 0 saturated carbocycles. The monoisotopic (exact) mass is 278 g/mol. The molecule has 2 rings (SSSR count). The molecular formula is C14H22N4O2. The van der Waals surface area contributed by atoms with Gasteiger partial charge in [0.25, 0.3) is 5.91 Å². The molecule has 1 aliphatic rings. The van der Waals surface area contributed by atoms with Crippen molar-refractivity contribution >= 4 is 11.6 Å². The minimum atomic E-state index is -0.156. The van der Waals surface area contributed by atoms with Gasteiger partial charge in [-0.1, -0.05) is 0 Å². The maximum Gasteiger partial charge on any atom is 0.253 e. The Hall–Kier alpha value is -1.79. The van der Waals surface area contributed by atoms with E-state index < -0.39 is 0 Å². The van der Waals surface area contributed by atoms with Crippen LogP contribution in [0.3, 0.4) is 0 Å². The molecule has 1 saturated heterocycles. The van der Waals surface area contributed by atoms with E-state index in [9.17, 15) is 4.79 Å². The van der Waals surface area contributed by atoms with Gasteiger partial charge in [-0.2, -0.15) is 0 Å². The van der Waals surface area contributed by atoms with Crippen molar-refractivity contribution in [1.29, 1.82) is 0 Å². The summed E-state index contributed by atoms with van der Waals surface area (Å²) in [5.41, 5.74) is 13.1. The van der Waals surface area contributed by atoms with E-state index in [1.807, 2.05) is 0 Å². The lowest BCUT2D eigenvalue weighted by Gasteiger charge is -2.18. The Labute approximate surface area is 119 Å². The third-order valence-corrected chi connectivity index (χ3v) is 3.82. The lowest BCUT2D eigenvalue weighted by molar-refractivity contribution is 0.0946. The average Bonchev–Trinajstić information content (AvgIpc) is 2.75. The Balaban J connectivity index is 1.98. The van der Waals surface area contributed by atoms with Crippen LogP contribution in [-0.2, 0) is 0 Å². The van der Waals surface area contributed by atoms with Gasteiger partial charge >= 0.3 is 0 Å². The number of anilines is 1. The van der Waals surface area contributed by atoms with Crippen LogP contribution in [0.5, 0.6) is 5.75 Å². The zero-order chi connectivity index (χ0) is 14.7. The summed E-state index contributed by atoms with van der Waals surface area (Å²) >= 11 is 0. The van der Waals surface area contributed by atoms with Crippen molar-refractivity contribution in [2.75, 3.05) is 19.4 Å². The van der Waals surface area contributed by atoms with Gasteiger partial charge in [0.15, 0.2) is 0 Å². The minimum Gasteiger partial charge on any atom is -0.497 e. The summed E-state index contributed by atoms with van der Waals surface area (Å²) in [5, 5.41) is 2.94. The van der Waals surface area contributed by atoms with Crippen LogP contribution in [0.4, 0.5) is 5.69 Å². The first-order valence-electron chi connectivity index (χ1n) is 6.75. The highest BCUT2D eigenvalue weighted by molar-refractivity contribution is 5.99. The highest BCUT2D eigenvalue weighted by Crippen LogP contribution is 2.20. The lowest BCUT2D eigenvalue weighted by atomic mass is 9.96. The third kappa shape index (κ3) is 3.02. The summed E-state index contributed by atoms with van der Waals surface area (Å²) < 4.78 is 5.07. The number of carbonyl (C=O) groups excluding carboxylic acids is 1. The molecule has 0 aromatic heterocycles. The van der Waals surface area contributed by atoms with Gasteiger partial charge in [0.2, 0.25) is 0 Å². The summed E-state index contributed by atoms with van der Waals surface area (Å²) in [5.74, 6) is 0.834. The number of carbonyl (C=O) groups is 1. The molecule has 1 aromatic carbocycles. The van der Waals surface area contributed by atoms with Crippen LogP contribution in [0.1, 0.15) is 24.2 Å². The molecule has 0 aliphatic carbocycles. The van der Waals surface area contributed by atoms with Crippen molar-refractivity contribution < 1.29 is 9.53 Å². The largest absolute Gasteiger partial charge is 0.497 e. The predicted octanol–water partition coefficient (Wildman–Crippen LogP) is 0.508. The number of hydrazine groups is 1. The minimum absolute atomic E-state index is 0.156. The van der Waals surface area contributed by atoms with Crippen LogP contribution in [-0.4, -0.2) is 31.6 Å². The van der Waals surface area contributed by atoms with Crippen molar-refractivity contribution in [3.8, 4) is 5.75 Å². The molecule has 6 heteroatoms. The number of benzene rings is 1. The van der Waals surface area contributed by atoms with Crippen molar-refractivity contribution in [2.45, 2.75) is 25.9 Å². The maximum absolute atomic E-state index is 12.2. The summed E-state index contributed by atoms with van der Waals surface area (Å²) in [4.78, 5) is 12.2. The number of hydrogen-bond acceptors (Lipinski definition) is 5. The molecule has 1 amide bonds. The van der Waals surface area contributed by atoms with E-state index in [0.717, 1.165) is 0 Å². The molecular weight excluding hydrogens is 256 g/mol. The Morgan fingerprint density at radius 1 is 1.35 bits per heavy atom. The molecule has 1 aliphatic heterocycles. The van der Waals surface area contributed by atoms with Crippen molar-refractivity contribution in [1.82, 2.24) is 16.2 Å². The van der Waals surface area contributed by atoms with E-state index in [2.05, 4.69) is 30.0 Å². The van der Waals surface area contributed by atoms with E-state index >= 15 is 0 Å². The summed E-state index contributed by atoms with van der Waals surface area (Å²) in [6.45, 7) is 4.79. The molecule has 0 bridgehead atoms. The fourth-order valence-corrected chi connectivity index (χ4v) is 2.44. The SMILES string of the molecule is COc1ccc(C(=O)NCC2C(C)NNC2C)c(N)c1. The van der Waals surface area contributed by atoms with Gasteiger partial charge in [-0.15, -0.1) is 0 Å². The first kappa shape index (κ1) is 14.6. The maximum atomic E-state index is 12.2. The highest BCUT2D eigenvalue weighted by Gasteiger charge is 2.29. The number of ether oxygens (including phenoxy) is 1. The number of nitrogens with one attached hydrogen (secondary N) is 3. The molecule has 2 unspecified atom stereocenters. The number of rotatable bonds is 4. The molecule has 2 atom stereocenters. The van der Waals surface area contributed by atoms with Crippen LogP contribution in [0.25, 0.3) is 0 Å². The van der Waals surface area contributed by atoms with Crippen LogP contribution in [0.2, 0.25) is 0 Å². The van der Waals surface area contributed by atoms with Crippen molar-refractivity contribution in [3.05, 3.63) is 23.8 Å². The van der Waals surface area contributed by atoms with Gasteiger partial charge in [0.05, 0.1) is 12.7 Å². The summed E-state index contributed by atoms with van der Waals surface area (Å²) in [7, 11) is 1.57. The Morgan fingerprint density at radius 3 is 2.55 bits per heavy atom. The number of nitrogen functional groups attached to an aromatic ring is 1. The summed E-state index contributed by atoms with van der Waals surface area (Å²) in [6, 6.07) is 5.70. The fraction of sp³-hybridized carbons (Fsp3) is 0.500. The smallest absolute Gasteiger partial charge is 0.253 e. The normalized spacial score (nSPS) is 25.4. The molecule has 1 aromatic rings. The quantitative estimate of drug-likeness (QED) is 0.603. The lowest BCUT2D eigenvalue weighted by Crippen LogP contribution is -2.37. The van der Waals surface area contributed by atoms with E-state index in [-0.39, 0.29) is 5.91 Å². The standard InChI is InChI=1S/C14H22N4O2/c1-8-12(9(2)18-17-8)7-16-14(19)11-5-4-10(20-3)6-13(11)15/h4-6,8-9,12,17-18H,7,15H2,1-3H3,(H,16,19). The predicted molar refractivity (Wildman–Crippen MR) is 78.4 cm³/mol. The van der Waals surface area contributed by atoms with E-state index in [1.165, 1.54) is 0 Å². The summed E-state index contributed by atoms with van der Waals surface area (Å²) in [6.07, 6.45) is 0. The number of methoxy groups -OCH3 is 1. The van der Waals surface area contributed by atoms with Gasteiger partial charge in [-0.05, 0) is 26.0 Å². The van der Waals surface area contributed by atoms with Gasteiger partial charge in [0.1, 0.15) is 5.75 Å². The zero-order valence-corrected chi connectivity index (χ0v) is 12.1. The van der Waals surface area contributed by atoms with Gasteiger partial charge in [-0.25, -0.2) is 0 Å². The molecule has 0 spiro atoms. The van der Waals surface area contributed by atoms with Gasteiger partial charge < -0.3 is 15.8 Å². The molecule has 6 nitrogen and oxygen atoms in total. The van der Waals surface area contributed by atoms with Crippen LogP contribution in [0, 0.1) is 5.92 Å². The Morgan fingerprint density at radius 2 is 2.00 bits per heavy atom. The van der Waals surface area contributed by atoms with Crippen molar-refractivity contribution in [3.63, 3.8) is 0 Å². The average molecular weight is 278 g/mol. The molecule has 1 fully saturated rings. The van der Waals surface area contributed by atoms with Gasteiger partial charge in [-0.3, -0.25) is 15.6 Å². The molecule has 110 valence electrons. The van der Waals surface area contributed by atoms with Crippen LogP contribution in [0.15, 0.2) is 18.2 Å². The fourth-order valence-electron chi connectivity index (χ4n) is 2.44. The molecule has 5 N–H and O–H groups in total. The molecule has 0 radical (unpaired) electrons. The third-order valence-electron chi connectivity index (χ3n) is 3.82. The second kappa shape index (κ2) is 6.11. The van der Waals surface area contributed by atoms with E-state index in [1.54, 1.807) is 25.3 Å². The topological polar surface area (TPSA) is 88.4 Å². The van der Waals surface area contributed by atoms with E-state index in [4.69, 9.17) is 10.5 Å². The number of amides is 1. The second-order valence-corrected chi connectivity index (χ2v) is 5.19. The molecule has 1 heterocycles. The van der Waals surface area contributed by atoms with E-state index in [0.29, 0.717) is 41.5 Å². The highest BCUT2D eigenvalue weighted by atomic mass is 16.5. The number of nitrogens with two attached hydrogens (primary N) is 1. The Bertz CT molecular complexity index is 482. The van der Waals surface area contributed by atoms with Crippen LogP contribution >= 0.6 is 0 Å². The van der Waals surface area contributed by atoms with Crippen LogP contribution < -0.4 is 26.6 Å². The second-order valence-electron chi connectivity index (χ2n) is 5.19. The molecule has 20 heavy (non-hydrogen) atoms. The number of hydrogen-bond donors (Lipinski definition) is 4. The Kier molecular flexibility index (Phi) is 4.46. The van der Waals surface area contributed by atoms with Gasteiger partial charge in [0, 0.05) is 36.3 Å².